The minimum absolute atomic E-state index is 0.0234. The van der Waals surface area contributed by atoms with E-state index in [1.54, 1.807) is 0 Å². The van der Waals surface area contributed by atoms with Gasteiger partial charge in [-0.05, 0) is 37.1 Å². The van der Waals surface area contributed by atoms with E-state index in [9.17, 15) is 4.79 Å². The number of esters is 1. The van der Waals surface area contributed by atoms with Crippen LogP contribution in [0.2, 0.25) is 0 Å². The van der Waals surface area contributed by atoms with Crippen LogP contribution in [0.4, 0.5) is 0 Å². The van der Waals surface area contributed by atoms with E-state index < -0.39 is 0 Å². The Morgan fingerprint density at radius 3 is 2.28 bits per heavy atom. The third-order valence-electron chi connectivity index (χ3n) is 3.96. The van der Waals surface area contributed by atoms with Crippen LogP contribution in [0.15, 0.2) is 66.7 Å². The van der Waals surface area contributed by atoms with Gasteiger partial charge in [0.25, 0.3) is 0 Å². The zero-order chi connectivity index (χ0) is 18.1. The van der Waals surface area contributed by atoms with Crippen LogP contribution in [0.1, 0.15) is 43.7 Å². The van der Waals surface area contributed by atoms with Crippen LogP contribution in [0.5, 0.6) is 5.75 Å². The Morgan fingerprint density at radius 2 is 1.68 bits per heavy atom. The quantitative estimate of drug-likeness (QED) is 0.470. The molecule has 1 unspecified atom stereocenters. The molecule has 0 heterocycles. The smallest absolute Gasteiger partial charge is 0.306 e. The number of ether oxygens (including phenoxy) is 2. The average Bonchev–Trinajstić information content (AvgIpc) is 2.61. The second-order valence-corrected chi connectivity index (χ2v) is 6.10. The second-order valence-electron chi connectivity index (χ2n) is 6.10. The summed E-state index contributed by atoms with van der Waals surface area (Å²) < 4.78 is 10.9. The van der Waals surface area contributed by atoms with Crippen LogP contribution in [-0.4, -0.2) is 19.2 Å². The van der Waals surface area contributed by atoms with E-state index in [-0.39, 0.29) is 11.9 Å². The highest BCUT2D eigenvalue weighted by atomic mass is 16.5. The average molecular weight is 338 g/mol. The third kappa shape index (κ3) is 6.11. The van der Waals surface area contributed by atoms with Crippen molar-refractivity contribution >= 4 is 5.97 Å². The Labute approximate surface area is 150 Å². The van der Waals surface area contributed by atoms with E-state index >= 15 is 0 Å². The number of benzene rings is 2. The highest BCUT2D eigenvalue weighted by Crippen LogP contribution is 2.29. The van der Waals surface area contributed by atoms with Crippen molar-refractivity contribution in [3.63, 3.8) is 0 Å². The SMILES string of the molecule is C=C(C)CCOc1ccc(C(CC(=O)OCC)c2ccccc2)cc1. The molecule has 1 atom stereocenters. The Bertz CT molecular complexity index is 674. The van der Waals surface area contributed by atoms with Gasteiger partial charge >= 0.3 is 5.97 Å². The molecule has 0 aromatic heterocycles. The molecule has 0 radical (unpaired) electrons. The van der Waals surface area contributed by atoms with Gasteiger partial charge < -0.3 is 9.47 Å². The third-order valence-corrected chi connectivity index (χ3v) is 3.96. The molecule has 0 saturated carbocycles. The minimum Gasteiger partial charge on any atom is -0.493 e. The lowest BCUT2D eigenvalue weighted by molar-refractivity contribution is -0.143. The molecule has 132 valence electrons. The molecule has 2 aromatic carbocycles. The summed E-state index contributed by atoms with van der Waals surface area (Å²) >= 11 is 0. The standard InChI is InChI=1S/C22H26O3/c1-4-24-22(23)16-21(18-8-6-5-7-9-18)19-10-12-20(13-11-19)25-15-14-17(2)3/h5-13,21H,2,4,14-16H2,1,3H3. The zero-order valence-electron chi connectivity index (χ0n) is 15.0. The Kier molecular flexibility index (Phi) is 7.27. The molecule has 25 heavy (non-hydrogen) atoms. The highest BCUT2D eigenvalue weighted by molar-refractivity contribution is 5.71. The van der Waals surface area contributed by atoms with Crippen molar-refractivity contribution in [3.8, 4) is 5.75 Å². The van der Waals surface area contributed by atoms with E-state index in [2.05, 4.69) is 6.58 Å². The highest BCUT2D eigenvalue weighted by Gasteiger charge is 2.19. The lowest BCUT2D eigenvalue weighted by Crippen LogP contribution is -2.11. The Hall–Kier alpha value is -2.55. The number of hydrogen-bond donors (Lipinski definition) is 0. The molecule has 0 N–H and O–H groups in total. The maximum atomic E-state index is 12.0. The molecule has 0 bridgehead atoms. The van der Waals surface area contributed by atoms with E-state index in [1.165, 1.54) is 0 Å². The molecule has 0 aliphatic carbocycles. The van der Waals surface area contributed by atoms with Crippen molar-refractivity contribution in [2.24, 2.45) is 0 Å². The van der Waals surface area contributed by atoms with Gasteiger partial charge in [0, 0.05) is 12.3 Å². The molecule has 2 rings (SSSR count). The monoisotopic (exact) mass is 338 g/mol. The van der Waals surface area contributed by atoms with Gasteiger partial charge in [-0.25, -0.2) is 0 Å². The molecule has 0 aliphatic rings. The van der Waals surface area contributed by atoms with Crippen molar-refractivity contribution in [2.75, 3.05) is 13.2 Å². The summed E-state index contributed by atoms with van der Waals surface area (Å²) in [5.41, 5.74) is 3.29. The van der Waals surface area contributed by atoms with Crippen LogP contribution in [0, 0.1) is 0 Å². The predicted molar refractivity (Wildman–Crippen MR) is 101 cm³/mol. The Morgan fingerprint density at radius 1 is 1.04 bits per heavy atom. The Balaban J connectivity index is 2.13. The molecular weight excluding hydrogens is 312 g/mol. The van der Waals surface area contributed by atoms with Gasteiger partial charge in [0.05, 0.1) is 19.6 Å². The summed E-state index contributed by atoms with van der Waals surface area (Å²) in [6, 6.07) is 18.0. The lowest BCUT2D eigenvalue weighted by atomic mass is 9.88. The maximum absolute atomic E-state index is 12.0. The fourth-order valence-corrected chi connectivity index (χ4v) is 2.64. The maximum Gasteiger partial charge on any atom is 0.306 e. The fraction of sp³-hybridized carbons (Fsp3) is 0.318. The van der Waals surface area contributed by atoms with Gasteiger partial charge in [-0.15, -0.1) is 6.58 Å². The molecule has 2 aromatic rings. The van der Waals surface area contributed by atoms with E-state index in [4.69, 9.17) is 9.47 Å². The molecule has 0 fully saturated rings. The molecule has 0 amide bonds. The van der Waals surface area contributed by atoms with Crippen LogP contribution in [0.25, 0.3) is 0 Å². The van der Waals surface area contributed by atoms with Gasteiger partial charge in [-0.1, -0.05) is 48.0 Å². The topological polar surface area (TPSA) is 35.5 Å². The van der Waals surface area contributed by atoms with Crippen LogP contribution >= 0.6 is 0 Å². The van der Waals surface area contributed by atoms with Crippen molar-refractivity contribution in [1.29, 1.82) is 0 Å². The van der Waals surface area contributed by atoms with Crippen molar-refractivity contribution in [3.05, 3.63) is 77.9 Å². The summed E-state index contributed by atoms with van der Waals surface area (Å²) in [4.78, 5) is 12.0. The first-order chi connectivity index (χ1) is 12.1. The summed E-state index contributed by atoms with van der Waals surface area (Å²) in [5, 5.41) is 0. The number of carbonyl (C=O) groups excluding carboxylic acids is 1. The molecule has 0 spiro atoms. The number of hydrogen-bond acceptors (Lipinski definition) is 3. The van der Waals surface area contributed by atoms with Crippen LogP contribution in [0.3, 0.4) is 0 Å². The molecule has 3 nitrogen and oxygen atoms in total. The van der Waals surface area contributed by atoms with Crippen molar-refractivity contribution < 1.29 is 14.3 Å². The molecule has 0 saturated heterocycles. The molecule has 3 heteroatoms. The van der Waals surface area contributed by atoms with E-state index in [1.807, 2.05) is 68.4 Å². The number of rotatable bonds is 9. The van der Waals surface area contributed by atoms with Gasteiger partial charge in [0.2, 0.25) is 0 Å². The minimum atomic E-state index is -0.182. The molecular formula is C22H26O3. The lowest BCUT2D eigenvalue weighted by Gasteiger charge is -2.18. The first kappa shape index (κ1) is 18.8. The first-order valence-corrected chi connectivity index (χ1v) is 8.68. The first-order valence-electron chi connectivity index (χ1n) is 8.68. The van der Waals surface area contributed by atoms with Crippen LogP contribution in [-0.2, 0) is 9.53 Å². The summed E-state index contributed by atoms with van der Waals surface area (Å²) in [6.07, 6.45) is 1.17. The zero-order valence-corrected chi connectivity index (χ0v) is 15.0. The van der Waals surface area contributed by atoms with E-state index in [0.29, 0.717) is 19.6 Å². The van der Waals surface area contributed by atoms with Gasteiger partial charge in [0.1, 0.15) is 5.75 Å². The summed E-state index contributed by atoms with van der Waals surface area (Å²) in [7, 11) is 0. The molecule has 0 aliphatic heterocycles. The van der Waals surface area contributed by atoms with Gasteiger partial charge in [-0.2, -0.15) is 0 Å². The second kappa shape index (κ2) is 9.67. The van der Waals surface area contributed by atoms with Crippen LogP contribution < -0.4 is 4.74 Å². The largest absolute Gasteiger partial charge is 0.493 e. The van der Waals surface area contributed by atoms with Gasteiger partial charge in [0.15, 0.2) is 0 Å². The predicted octanol–water partition coefficient (Wildman–Crippen LogP) is 5.12. The van der Waals surface area contributed by atoms with Gasteiger partial charge in [-0.3, -0.25) is 4.79 Å². The fourth-order valence-electron chi connectivity index (χ4n) is 2.64. The summed E-state index contributed by atoms with van der Waals surface area (Å²) in [6.45, 7) is 8.72. The van der Waals surface area contributed by atoms with Crippen molar-refractivity contribution in [2.45, 2.75) is 32.6 Å². The number of carbonyl (C=O) groups is 1. The normalized spacial score (nSPS) is 11.6. The van der Waals surface area contributed by atoms with E-state index in [0.717, 1.165) is 28.9 Å². The van der Waals surface area contributed by atoms with Crippen molar-refractivity contribution in [1.82, 2.24) is 0 Å². The summed E-state index contributed by atoms with van der Waals surface area (Å²) in [5.74, 6) is 0.621.